The third-order valence-corrected chi connectivity index (χ3v) is 11.1. The van der Waals surface area contributed by atoms with Crippen molar-refractivity contribution >= 4 is 0 Å². The van der Waals surface area contributed by atoms with Crippen molar-refractivity contribution in [3.05, 3.63) is 0 Å². The summed E-state index contributed by atoms with van der Waals surface area (Å²) in [5.41, 5.74) is -0.119. The monoisotopic (exact) mass is 403 g/mol. The van der Waals surface area contributed by atoms with Gasteiger partial charge in [0.15, 0.2) is 0 Å². The number of fused-ring (bicyclic) bond motifs is 3. The van der Waals surface area contributed by atoms with Gasteiger partial charge in [-0.25, -0.2) is 0 Å². The molecule has 3 nitrogen and oxygen atoms in total. The molecule has 0 saturated heterocycles. The van der Waals surface area contributed by atoms with Crippen LogP contribution in [0.1, 0.15) is 104 Å². The standard InChI is InChI=1S/C26H45NO2/c1-4-5-6-8-18-13-19-20(27-3)9-12-26-21(15-24(19,26)14-18)25(29)11-7-10-23(2,17-25)16-22(26)28/h18-22,27-29H,4-17H2,1-3H3/t18-,19+,20-,21+,22+,23+,24-,25-,26+/m1/s1. The zero-order chi connectivity index (χ0) is 20.5. The molecule has 0 aromatic rings. The van der Waals surface area contributed by atoms with Crippen LogP contribution in [0.3, 0.4) is 0 Å². The average Bonchev–Trinajstić information content (AvgIpc) is 3.03. The largest absolute Gasteiger partial charge is 0.392 e. The number of aliphatic hydroxyl groups is 2. The molecule has 3 heteroatoms. The van der Waals surface area contributed by atoms with Crippen molar-refractivity contribution in [2.24, 2.45) is 34.0 Å². The maximum Gasteiger partial charge on any atom is 0.0687 e. The molecule has 3 N–H and O–H groups in total. The summed E-state index contributed by atoms with van der Waals surface area (Å²) in [5, 5.41) is 27.5. The molecule has 5 fully saturated rings. The van der Waals surface area contributed by atoms with Crippen molar-refractivity contribution in [1.82, 2.24) is 5.32 Å². The molecular weight excluding hydrogens is 358 g/mol. The second-order valence-electron chi connectivity index (χ2n) is 12.5. The lowest BCUT2D eigenvalue weighted by Crippen LogP contribution is -2.73. The summed E-state index contributed by atoms with van der Waals surface area (Å²) in [6.45, 7) is 4.66. The van der Waals surface area contributed by atoms with Crippen LogP contribution in [-0.4, -0.2) is 35.0 Å². The highest BCUT2D eigenvalue weighted by Crippen LogP contribution is 2.81. The predicted molar refractivity (Wildman–Crippen MR) is 118 cm³/mol. The van der Waals surface area contributed by atoms with E-state index in [9.17, 15) is 10.2 Å². The van der Waals surface area contributed by atoms with Gasteiger partial charge >= 0.3 is 0 Å². The Labute approximate surface area is 178 Å². The topological polar surface area (TPSA) is 52.5 Å². The van der Waals surface area contributed by atoms with Crippen molar-refractivity contribution in [2.45, 2.75) is 121 Å². The Kier molecular flexibility index (Phi) is 4.97. The molecule has 0 aliphatic heterocycles. The molecule has 9 atom stereocenters. The van der Waals surface area contributed by atoms with Crippen LogP contribution in [0.4, 0.5) is 0 Å². The Bertz CT molecular complexity index is 638. The number of nitrogens with one attached hydrogen (secondary N) is 1. The average molecular weight is 404 g/mol. The van der Waals surface area contributed by atoms with E-state index in [1.165, 1.54) is 57.8 Å². The van der Waals surface area contributed by atoms with E-state index in [4.69, 9.17) is 0 Å². The molecule has 5 rings (SSSR count). The summed E-state index contributed by atoms with van der Waals surface area (Å²) >= 11 is 0. The van der Waals surface area contributed by atoms with E-state index >= 15 is 0 Å². The van der Waals surface area contributed by atoms with E-state index in [-0.39, 0.29) is 22.3 Å². The molecular formula is C26H45NO2. The zero-order valence-corrected chi connectivity index (χ0v) is 19.2. The van der Waals surface area contributed by atoms with Crippen molar-refractivity contribution in [3.63, 3.8) is 0 Å². The molecule has 0 heterocycles. The Morgan fingerprint density at radius 1 is 1.07 bits per heavy atom. The van der Waals surface area contributed by atoms with Crippen LogP contribution in [0.25, 0.3) is 0 Å². The minimum Gasteiger partial charge on any atom is -0.392 e. The first-order valence-electron chi connectivity index (χ1n) is 12.9. The van der Waals surface area contributed by atoms with Crippen LogP contribution in [0.2, 0.25) is 0 Å². The van der Waals surface area contributed by atoms with Gasteiger partial charge in [0.05, 0.1) is 11.7 Å². The first kappa shape index (κ1) is 20.8. The molecule has 0 unspecified atom stereocenters. The lowest BCUT2D eigenvalue weighted by Gasteiger charge is -2.73. The van der Waals surface area contributed by atoms with Crippen molar-refractivity contribution in [3.8, 4) is 0 Å². The van der Waals surface area contributed by atoms with Gasteiger partial charge in [-0.3, -0.25) is 0 Å². The van der Waals surface area contributed by atoms with E-state index in [0.717, 1.165) is 38.0 Å². The highest BCUT2D eigenvalue weighted by molar-refractivity contribution is 5.28. The quantitative estimate of drug-likeness (QED) is 0.564. The summed E-state index contributed by atoms with van der Waals surface area (Å²) in [7, 11) is 2.15. The molecule has 0 amide bonds. The van der Waals surface area contributed by atoms with E-state index in [2.05, 4.69) is 26.2 Å². The van der Waals surface area contributed by atoms with Gasteiger partial charge in [0.2, 0.25) is 0 Å². The summed E-state index contributed by atoms with van der Waals surface area (Å²) in [6.07, 6.45) is 16.5. The first-order chi connectivity index (χ1) is 13.8. The maximum atomic E-state index is 11.9. The molecule has 0 aromatic heterocycles. The second kappa shape index (κ2) is 6.94. The molecule has 5 aliphatic rings. The summed E-state index contributed by atoms with van der Waals surface area (Å²) in [4.78, 5) is 0. The summed E-state index contributed by atoms with van der Waals surface area (Å²) in [6, 6.07) is 0.609. The highest BCUT2D eigenvalue weighted by atomic mass is 16.3. The van der Waals surface area contributed by atoms with Gasteiger partial charge in [-0.15, -0.1) is 0 Å². The van der Waals surface area contributed by atoms with Gasteiger partial charge in [0.25, 0.3) is 0 Å². The van der Waals surface area contributed by atoms with Gasteiger partial charge in [-0.2, -0.15) is 0 Å². The van der Waals surface area contributed by atoms with E-state index in [1.54, 1.807) is 0 Å². The Balaban J connectivity index is 1.51. The van der Waals surface area contributed by atoms with E-state index in [0.29, 0.717) is 17.9 Å². The Morgan fingerprint density at radius 2 is 1.90 bits per heavy atom. The van der Waals surface area contributed by atoms with E-state index in [1.807, 2.05) is 0 Å². The molecule has 0 radical (unpaired) electrons. The number of unbranched alkanes of at least 4 members (excludes halogenated alkanes) is 2. The maximum absolute atomic E-state index is 11.9. The predicted octanol–water partition coefficient (Wildman–Crippen LogP) is 5.04. The van der Waals surface area contributed by atoms with E-state index < -0.39 is 5.60 Å². The van der Waals surface area contributed by atoms with Gasteiger partial charge < -0.3 is 15.5 Å². The fourth-order valence-corrected chi connectivity index (χ4v) is 10.1. The van der Waals surface area contributed by atoms with Gasteiger partial charge in [-0.05, 0) is 93.4 Å². The number of hydrogen-bond acceptors (Lipinski definition) is 3. The fourth-order valence-electron chi connectivity index (χ4n) is 10.1. The molecule has 29 heavy (non-hydrogen) atoms. The smallest absolute Gasteiger partial charge is 0.0687 e. The van der Waals surface area contributed by atoms with Gasteiger partial charge in [0, 0.05) is 11.5 Å². The van der Waals surface area contributed by atoms with Crippen molar-refractivity contribution in [1.29, 1.82) is 0 Å². The van der Waals surface area contributed by atoms with Crippen LogP contribution in [0, 0.1) is 34.0 Å². The van der Waals surface area contributed by atoms with Gasteiger partial charge in [0.1, 0.15) is 0 Å². The summed E-state index contributed by atoms with van der Waals surface area (Å²) < 4.78 is 0. The van der Waals surface area contributed by atoms with Crippen molar-refractivity contribution < 1.29 is 10.2 Å². The molecule has 0 aromatic carbocycles. The van der Waals surface area contributed by atoms with Crippen LogP contribution in [0.5, 0.6) is 0 Å². The molecule has 5 aliphatic carbocycles. The normalized spacial score (nSPS) is 56.0. The third-order valence-electron chi connectivity index (χ3n) is 11.1. The highest BCUT2D eigenvalue weighted by Gasteiger charge is 2.79. The molecule has 2 spiro atoms. The second-order valence-corrected chi connectivity index (χ2v) is 12.5. The third kappa shape index (κ3) is 2.72. The number of aliphatic hydroxyl groups excluding tert-OH is 1. The zero-order valence-electron chi connectivity index (χ0n) is 19.2. The lowest BCUT2D eigenvalue weighted by atomic mass is 9.32. The number of rotatable bonds is 5. The molecule has 166 valence electrons. The number of hydrogen-bond donors (Lipinski definition) is 3. The lowest BCUT2D eigenvalue weighted by molar-refractivity contribution is -0.294. The van der Waals surface area contributed by atoms with Crippen LogP contribution >= 0.6 is 0 Å². The molecule has 2 bridgehead atoms. The van der Waals surface area contributed by atoms with Crippen molar-refractivity contribution in [2.75, 3.05) is 7.05 Å². The van der Waals surface area contributed by atoms with Crippen LogP contribution in [0.15, 0.2) is 0 Å². The van der Waals surface area contributed by atoms with Crippen LogP contribution < -0.4 is 5.32 Å². The Hall–Kier alpha value is -0.120. The first-order valence-corrected chi connectivity index (χ1v) is 12.9. The minimum atomic E-state index is -0.521. The fraction of sp³-hybridized carbons (Fsp3) is 1.00. The Morgan fingerprint density at radius 3 is 2.66 bits per heavy atom. The van der Waals surface area contributed by atoms with Gasteiger partial charge in [-0.1, -0.05) is 46.0 Å². The molecule has 5 saturated carbocycles. The summed E-state index contributed by atoms with van der Waals surface area (Å²) in [5.74, 6) is 1.87. The SMILES string of the molecule is CCCCC[C@@H]1C[C@H]2[C@H](NC)CC[C@@]34[C@@H](O)C[C@]5(C)CCC[C@@](O)(C5)[C@@H]3C[C@]24C1. The minimum absolute atomic E-state index is 0.0125. The van der Waals surface area contributed by atoms with Crippen LogP contribution in [-0.2, 0) is 0 Å².